The molecule has 0 radical (unpaired) electrons. The lowest BCUT2D eigenvalue weighted by molar-refractivity contribution is -0.132. The zero-order chi connectivity index (χ0) is 18.6. The minimum atomic E-state index is -0.653. The second-order valence-electron chi connectivity index (χ2n) is 7.00. The van der Waals surface area contributed by atoms with Crippen molar-refractivity contribution in [2.45, 2.75) is 51.9 Å². The summed E-state index contributed by atoms with van der Waals surface area (Å²) < 4.78 is 11.9. The van der Waals surface area contributed by atoms with Crippen molar-refractivity contribution in [2.24, 2.45) is 0 Å². The van der Waals surface area contributed by atoms with E-state index in [4.69, 9.17) is 9.47 Å². The van der Waals surface area contributed by atoms with Gasteiger partial charge in [-0.2, -0.15) is 0 Å². The zero-order valence-corrected chi connectivity index (χ0v) is 16.5. The van der Waals surface area contributed by atoms with Gasteiger partial charge in [0.05, 0.1) is 6.54 Å². The highest BCUT2D eigenvalue weighted by atomic mass is 79.9. The van der Waals surface area contributed by atoms with Crippen LogP contribution in [-0.4, -0.2) is 52.7 Å². The van der Waals surface area contributed by atoms with Crippen LogP contribution in [0.3, 0.4) is 0 Å². The van der Waals surface area contributed by atoms with Gasteiger partial charge in [0.25, 0.3) is 0 Å². The first kappa shape index (κ1) is 19.5. The summed E-state index contributed by atoms with van der Waals surface area (Å²) in [5.41, 5.74) is -0.600. The van der Waals surface area contributed by atoms with Crippen molar-refractivity contribution in [1.82, 2.24) is 15.2 Å². The van der Waals surface area contributed by atoms with Crippen LogP contribution in [0.5, 0.6) is 5.88 Å². The van der Waals surface area contributed by atoms with Crippen molar-refractivity contribution in [3.63, 3.8) is 0 Å². The number of nitrogens with one attached hydrogen (secondary N) is 1. The molecule has 2 amide bonds. The number of alkyl carbamates (subject to hydrolysis) is 1. The van der Waals surface area contributed by atoms with Gasteiger partial charge in [0.2, 0.25) is 11.8 Å². The molecule has 8 heteroatoms. The largest absolute Gasteiger partial charge is 0.472 e. The van der Waals surface area contributed by atoms with E-state index in [1.807, 2.05) is 6.07 Å². The van der Waals surface area contributed by atoms with E-state index in [9.17, 15) is 9.59 Å². The Morgan fingerprint density at radius 1 is 1.40 bits per heavy atom. The van der Waals surface area contributed by atoms with Gasteiger partial charge in [-0.1, -0.05) is 0 Å². The summed E-state index contributed by atoms with van der Waals surface area (Å²) in [4.78, 5) is 30.1. The Hall–Kier alpha value is -1.83. The average molecular weight is 414 g/mol. The van der Waals surface area contributed by atoms with Gasteiger partial charge in [0, 0.05) is 29.7 Å². The van der Waals surface area contributed by atoms with Crippen LogP contribution in [0.4, 0.5) is 4.79 Å². The average Bonchev–Trinajstić information content (AvgIpc) is 2.95. The molecule has 1 aromatic heterocycles. The van der Waals surface area contributed by atoms with Crippen LogP contribution in [0, 0.1) is 0 Å². The lowest BCUT2D eigenvalue weighted by Crippen LogP contribution is -2.47. The van der Waals surface area contributed by atoms with Crippen molar-refractivity contribution < 1.29 is 19.1 Å². The summed E-state index contributed by atoms with van der Waals surface area (Å²) in [7, 11) is 0. The van der Waals surface area contributed by atoms with Crippen LogP contribution in [-0.2, 0) is 9.53 Å². The van der Waals surface area contributed by atoms with Gasteiger partial charge in [-0.15, -0.1) is 0 Å². The monoisotopic (exact) mass is 413 g/mol. The molecule has 138 valence electrons. The molecule has 2 heterocycles. The topological polar surface area (TPSA) is 80.8 Å². The molecule has 2 unspecified atom stereocenters. The molecule has 1 fully saturated rings. The number of nitrogens with zero attached hydrogens (tertiary/aromatic N) is 2. The summed E-state index contributed by atoms with van der Waals surface area (Å²) in [6, 6.07) is 2.98. The first-order valence-corrected chi connectivity index (χ1v) is 9.00. The van der Waals surface area contributed by atoms with E-state index in [-0.39, 0.29) is 12.0 Å². The van der Waals surface area contributed by atoms with Gasteiger partial charge in [-0.05, 0) is 49.7 Å². The number of likely N-dealkylation sites (tertiary alicyclic amines) is 1. The van der Waals surface area contributed by atoms with E-state index in [2.05, 4.69) is 26.2 Å². The van der Waals surface area contributed by atoms with Crippen molar-refractivity contribution in [2.75, 3.05) is 13.1 Å². The lowest BCUT2D eigenvalue weighted by atomic mass is 10.2. The SMILES string of the molecule is CC(NC(=O)OC(C)(C)C)C(=O)N1CCC(Oc2ccc(Br)cn2)C1. The molecule has 7 nitrogen and oxygen atoms in total. The van der Waals surface area contributed by atoms with Gasteiger partial charge >= 0.3 is 6.09 Å². The highest BCUT2D eigenvalue weighted by molar-refractivity contribution is 9.10. The standard InChI is InChI=1S/C17H24BrN3O4/c1-11(20-16(23)25-17(2,3)4)15(22)21-8-7-13(10-21)24-14-6-5-12(18)9-19-14/h5-6,9,11,13H,7-8,10H2,1-4H3,(H,20,23). The molecule has 1 N–H and O–H groups in total. The Labute approximate surface area is 156 Å². The Morgan fingerprint density at radius 2 is 2.12 bits per heavy atom. The number of pyridine rings is 1. The van der Waals surface area contributed by atoms with Crippen LogP contribution in [0.15, 0.2) is 22.8 Å². The second kappa shape index (κ2) is 8.03. The fraction of sp³-hybridized carbons (Fsp3) is 0.588. The van der Waals surface area contributed by atoms with E-state index < -0.39 is 17.7 Å². The molecular weight excluding hydrogens is 390 g/mol. The number of carbonyl (C=O) groups excluding carboxylic acids is 2. The minimum absolute atomic E-state index is 0.105. The summed E-state index contributed by atoms with van der Waals surface area (Å²) >= 11 is 3.32. The smallest absolute Gasteiger partial charge is 0.408 e. The molecule has 1 saturated heterocycles. The molecule has 25 heavy (non-hydrogen) atoms. The van der Waals surface area contributed by atoms with Crippen molar-refractivity contribution in [3.8, 4) is 5.88 Å². The number of amides is 2. The number of aromatic nitrogens is 1. The predicted octanol–water partition coefficient (Wildman–Crippen LogP) is 2.74. The normalized spacial score (nSPS) is 18.6. The first-order chi connectivity index (χ1) is 11.6. The first-order valence-electron chi connectivity index (χ1n) is 8.20. The summed E-state index contributed by atoms with van der Waals surface area (Å²) in [5, 5.41) is 2.57. The third-order valence-electron chi connectivity index (χ3n) is 3.55. The number of carbonyl (C=O) groups is 2. The molecule has 0 spiro atoms. The third kappa shape index (κ3) is 6.19. The van der Waals surface area contributed by atoms with E-state index >= 15 is 0 Å². The van der Waals surface area contributed by atoms with Crippen LogP contribution in [0.1, 0.15) is 34.1 Å². The summed E-state index contributed by atoms with van der Waals surface area (Å²) in [6.45, 7) is 8.03. The third-order valence-corrected chi connectivity index (χ3v) is 4.02. The fourth-order valence-corrected chi connectivity index (χ4v) is 2.68. The maximum Gasteiger partial charge on any atom is 0.408 e. The van der Waals surface area contributed by atoms with Crippen LogP contribution >= 0.6 is 15.9 Å². The summed E-state index contributed by atoms with van der Waals surface area (Å²) in [5.74, 6) is 0.378. The number of hydrogen-bond acceptors (Lipinski definition) is 5. The molecule has 0 aromatic carbocycles. The number of rotatable bonds is 4. The Morgan fingerprint density at radius 3 is 2.72 bits per heavy atom. The number of halogens is 1. The fourth-order valence-electron chi connectivity index (χ4n) is 2.45. The molecule has 0 bridgehead atoms. The molecule has 0 saturated carbocycles. The van der Waals surface area contributed by atoms with Crippen LogP contribution < -0.4 is 10.1 Å². The van der Waals surface area contributed by atoms with E-state index in [1.165, 1.54) is 0 Å². The Kier molecular flexibility index (Phi) is 6.26. The van der Waals surface area contributed by atoms with Crippen molar-refractivity contribution in [1.29, 1.82) is 0 Å². The van der Waals surface area contributed by atoms with Gasteiger partial charge in [-0.3, -0.25) is 4.79 Å². The molecule has 1 aliphatic heterocycles. The van der Waals surface area contributed by atoms with Crippen molar-refractivity contribution in [3.05, 3.63) is 22.8 Å². The van der Waals surface area contributed by atoms with E-state index in [0.717, 1.165) is 10.9 Å². The number of ether oxygens (including phenoxy) is 2. The second-order valence-corrected chi connectivity index (χ2v) is 7.91. The quantitative estimate of drug-likeness (QED) is 0.820. The number of hydrogen-bond donors (Lipinski definition) is 1. The van der Waals surface area contributed by atoms with E-state index in [0.29, 0.717) is 19.0 Å². The summed E-state index contributed by atoms with van der Waals surface area (Å²) in [6.07, 6.45) is 1.69. The molecule has 0 aliphatic carbocycles. The van der Waals surface area contributed by atoms with Gasteiger partial charge in [0.1, 0.15) is 17.7 Å². The highest BCUT2D eigenvalue weighted by Gasteiger charge is 2.31. The minimum Gasteiger partial charge on any atom is -0.472 e. The molecular formula is C17H24BrN3O4. The molecule has 2 rings (SSSR count). The molecule has 1 aromatic rings. The Bertz CT molecular complexity index is 615. The zero-order valence-electron chi connectivity index (χ0n) is 14.9. The van der Waals surface area contributed by atoms with Gasteiger partial charge in [0.15, 0.2) is 0 Å². The highest BCUT2D eigenvalue weighted by Crippen LogP contribution is 2.19. The molecule has 2 atom stereocenters. The van der Waals surface area contributed by atoms with E-state index in [1.54, 1.807) is 44.9 Å². The van der Waals surface area contributed by atoms with Crippen LogP contribution in [0.25, 0.3) is 0 Å². The maximum absolute atomic E-state index is 12.5. The maximum atomic E-state index is 12.5. The lowest BCUT2D eigenvalue weighted by Gasteiger charge is -2.24. The van der Waals surface area contributed by atoms with Gasteiger partial charge < -0.3 is 19.7 Å². The van der Waals surface area contributed by atoms with Crippen molar-refractivity contribution >= 4 is 27.9 Å². The Balaban J connectivity index is 1.82. The van der Waals surface area contributed by atoms with Gasteiger partial charge in [-0.25, -0.2) is 9.78 Å². The molecule has 1 aliphatic rings. The predicted molar refractivity (Wildman–Crippen MR) is 96.4 cm³/mol. The van der Waals surface area contributed by atoms with Crippen LogP contribution in [0.2, 0.25) is 0 Å².